The number of aromatic amines is 1. The third-order valence-corrected chi connectivity index (χ3v) is 3.33. The number of hydrogen-bond acceptors (Lipinski definition) is 3. The van der Waals surface area contributed by atoms with Gasteiger partial charge in [-0.15, -0.1) is 0 Å². The predicted octanol–water partition coefficient (Wildman–Crippen LogP) is 1.92. The van der Waals surface area contributed by atoms with Crippen LogP contribution in [-0.4, -0.2) is 28.1 Å². The lowest BCUT2D eigenvalue weighted by Gasteiger charge is -2.25. The summed E-state index contributed by atoms with van der Waals surface area (Å²) in [4.78, 5) is 25.5. The zero-order valence-electron chi connectivity index (χ0n) is 12.5. The molecule has 1 rings (SSSR count). The van der Waals surface area contributed by atoms with Gasteiger partial charge in [-0.05, 0) is 18.4 Å². The summed E-state index contributed by atoms with van der Waals surface area (Å²) in [5.74, 6) is -1.09. The van der Waals surface area contributed by atoms with Crippen LogP contribution in [0.25, 0.3) is 0 Å². The highest BCUT2D eigenvalue weighted by Gasteiger charge is 2.32. The van der Waals surface area contributed by atoms with Crippen molar-refractivity contribution in [2.75, 3.05) is 0 Å². The highest BCUT2D eigenvalue weighted by molar-refractivity contribution is 5.94. The highest BCUT2D eigenvalue weighted by atomic mass is 19.4. The molecule has 5 nitrogen and oxygen atoms in total. The van der Waals surface area contributed by atoms with E-state index in [1.54, 1.807) is 20.8 Å². The fraction of sp³-hybridized carbons (Fsp3) is 0.571. The number of aliphatic hydroxyl groups excluding tert-OH is 1. The zero-order valence-corrected chi connectivity index (χ0v) is 12.5. The van der Waals surface area contributed by atoms with E-state index in [4.69, 9.17) is 0 Å². The molecule has 0 fully saturated rings. The van der Waals surface area contributed by atoms with Crippen molar-refractivity contribution in [1.29, 1.82) is 0 Å². The lowest BCUT2D eigenvalue weighted by atomic mass is 9.97. The molecule has 0 spiro atoms. The van der Waals surface area contributed by atoms with Crippen molar-refractivity contribution in [2.24, 2.45) is 5.92 Å². The number of hydrogen-bond donors (Lipinski definition) is 3. The first-order valence-electron chi connectivity index (χ1n) is 6.86. The van der Waals surface area contributed by atoms with Crippen LogP contribution in [0, 0.1) is 5.92 Å². The van der Waals surface area contributed by atoms with Gasteiger partial charge in [0.15, 0.2) is 0 Å². The molecule has 0 aliphatic carbocycles. The van der Waals surface area contributed by atoms with Gasteiger partial charge in [0.05, 0.1) is 17.7 Å². The second-order valence-corrected chi connectivity index (χ2v) is 5.35. The summed E-state index contributed by atoms with van der Waals surface area (Å²) in [5.41, 5.74) is -2.67. The van der Waals surface area contributed by atoms with Crippen molar-refractivity contribution in [3.8, 4) is 0 Å². The normalized spacial score (nSPS) is 14.7. The molecule has 8 heteroatoms. The molecule has 0 radical (unpaired) electrons. The van der Waals surface area contributed by atoms with Gasteiger partial charge in [0.1, 0.15) is 5.56 Å². The van der Waals surface area contributed by atoms with E-state index in [9.17, 15) is 27.9 Å². The predicted molar refractivity (Wildman–Crippen MR) is 74.5 cm³/mol. The Morgan fingerprint density at radius 3 is 2.45 bits per heavy atom. The van der Waals surface area contributed by atoms with Gasteiger partial charge >= 0.3 is 6.18 Å². The minimum absolute atomic E-state index is 0.148. The molecular weight excluding hydrogens is 301 g/mol. The number of halogens is 3. The SMILES string of the molecule is CCC(NC(=O)c1cc(C(F)(F)F)c[nH]c1=O)C(O)C(C)C. The Hall–Kier alpha value is -1.83. The molecule has 1 aromatic heterocycles. The van der Waals surface area contributed by atoms with Crippen molar-refractivity contribution >= 4 is 5.91 Å². The fourth-order valence-corrected chi connectivity index (χ4v) is 1.96. The summed E-state index contributed by atoms with van der Waals surface area (Å²) in [5, 5.41) is 12.4. The summed E-state index contributed by atoms with van der Waals surface area (Å²) in [7, 11) is 0. The van der Waals surface area contributed by atoms with E-state index in [0.717, 1.165) is 0 Å². The average molecular weight is 320 g/mol. The van der Waals surface area contributed by atoms with Gasteiger partial charge in [-0.25, -0.2) is 0 Å². The fourth-order valence-electron chi connectivity index (χ4n) is 1.96. The molecule has 124 valence electrons. The summed E-state index contributed by atoms with van der Waals surface area (Å²) in [6.45, 7) is 5.21. The summed E-state index contributed by atoms with van der Waals surface area (Å²) >= 11 is 0. The molecule has 0 saturated carbocycles. The number of pyridine rings is 1. The largest absolute Gasteiger partial charge is 0.417 e. The summed E-state index contributed by atoms with van der Waals surface area (Å²) < 4.78 is 37.9. The van der Waals surface area contributed by atoms with Gasteiger partial charge in [0.2, 0.25) is 0 Å². The molecular formula is C14H19F3N2O3. The number of aromatic nitrogens is 1. The van der Waals surface area contributed by atoms with Crippen LogP contribution in [0.3, 0.4) is 0 Å². The Bertz CT molecular complexity index is 581. The Morgan fingerprint density at radius 2 is 2.00 bits per heavy atom. The van der Waals surface area contributed by atoms with Gasteiger partial charge in [0.25, 0.3) is 11.5 Å². The minimum atomic E-state index is -4.67. The Kier molecular flexibility index (Phi) is 5.76. The number of H-pyrrole nitrogens is 1. The lowest BCUT2D eigenvalue weighted by molar-refractivity contribution is -0.137. The van der Waals surface area contributed by atoms with Crippen LogP contribution >= 0.6 is 0 Å². The minimum Gasteiger partial charge on any atom is -0.391 e. The van der Waals surface area contributed by atoms with Crippen LogP contribution < -0.4 is 10.9 Å². The molecule has 22 heavy (non-hydrogen) atoms. The number of rotatable bonds is 5. The van der Waals surface area contributed by atoms with Crippen molar-refractivity contribution in [3.05, 3.63) is 33.7 Å². The molecule has 0 bridgehead atoms. The van der Waals surface area contributed by atoms with Gasteiger partial charge in [-0.1, -0.05) is 20.8 Å². The maximum atomic E-state index is 12.6. The van der Waals surface area contributed by atoms with Crippen LogP contribution in [0.2, 0.25) is 0 Å². The van der Waals surface area contributed by atoms with E-state index in [1.165, 1.54) is 0 Å². The standard InChI is InChI=1S/C14H19F3N2O3/c1-4-10(11(20)7(2)3)19-13(22)9-5-8(14(15,16)17)6-18-12(9)21/h5-7,10-11,20H,4H2,1-3H3,(H,18,21)(H,19,22). The van der Waals surface area contributed by atoms with Gasteiger partial charge < -0.3 is 15.4 Å². The zero-order chi connectivity index (χ0) is 17.1. The van der Waals surface area contributed by atoms with Crippen molar-refractivity contribution < 1.29 is 23.1 Å². The van der Waals surface area contributed by atoms with Crippen LogP contribution in [-0.2, 0) is 6.18 Å². The molecule has 3 N–H and O–H groups in total. The number of nitrogens with one attached hydrogen (secondary N) is 2. The van der Waals surface area contributed by atoms with Crippen LogP contribution in [0.15, 0.2) is 17.1 Å². The van der Waals surface area contributed by atoms with E-state index in [1.807, 2.05) is 4.98 Å². The van der Waals surface area contributed by atoms with Crippen LogP contribution in [0.4, 0.5) is 13.2 Å². The van der Waals surface area contributed by atoms with E-state index < -0.39 is 40.9 Å². The third kappa shape index (κ3) is 4.33. The van der Waals surface area contributed by atoms with Crippen molar-refractivity contribution in [2.45, 2.75) is 45.5 Å². The van der Waals surface area contributed by atoms with E-state index in [-0.39, 0.29) is 5.92 Å². The smallest absolute Gasteiger partial charge is 0.391 e. The Balaban J connectivity index is 3.05. The maximum absolute atomic E-state index is 12.6. The monoisotopic (exact) mass is 320 g/mol. The van der Waals surface area contributed by atoms with Crippen molar-refractivity contribution in [3.63, 3.8) is 0 Å². The maximum Gasteiger partial charge on any atom is 0.417 e. The number of carbonyl (C=O) groups excluding carboxylic acids is 1. The van der Waals surface area contributed by atoms with Gasteiger partial charge in [-0.2, -0.15) is 13.2 Å². The summed E-state index contributed by atoms with van der Waals surface area (Å²) in [6, 6.07) is -0.149. The topological polar surface area (TPSA) is 82.2 Å². The number of alkyl halides is 3. The second kappa shape index (κ2) is 6.95. The van der Waals surface area contributed by atoms with E-state index in [2.05, 4.69) is 5.32 Å². The second-order valence-electron chi connectivity index (χ2n) is 5.35. The van der Waals surface area contributed by atoms with E-state index >= 15 is 0 Å². The molecule has 2 atom stereocenters. The number of aliphatic hydroxyl groups is 1. The first-order chi connectivity index (χ1) is 10.1. The molecule has 1 heterocycles. The molecule has 1 amide bonds. The van der Waals surface area contributed by atoms with Crippen LogP contribution in [0.1, 0.15) is 43.1 Å². The van der Waals surface area contributed by atoms with Gasteiger partial charge in [0, 0.05) is 6.20 Å². The van der Waals surface area contributed by atoms with Crippen molar-refractivity contribution in [1.82, 2.24) is 10.3 Å². The molecule has 2 unspecified atom stereocenters. The summed E-state index contributed by atoms with van der Waals surface area (Å²) in [6.07, 6.45) is -4.64. The number of carbonyl (C=O) groups is 1. The average Bonchev–Trinajstić information content (AvgIpc) is 2.42. The number of amides is 1. The Morgan fingerprint density at radius 1 is 1.41 bits per heavy atom. The third-order valence-electron chi connectivity index (χ3n) is 3.33. The molecule has 0 saturated heterocycles. The quantitative estimate of drug-likeness (QED) is 0.775. The lowest BCUT2D eigenvalue weighted by Crippen LogP contribution is -2.46. The first kappa shape index (κ1) is 18.2. The molecule has 0 aromatic carbocycles. The van der Waals surface area contributed by atoms with E-state index in [0.29, 0.717) is 18.7 Å². The molecule has 1 aromatic rings. The molecule has 0 aliphatic rings. The molecule has 0 aliphatic heterocycles. The van der Waals surface area contributed by atoms with Gasteiger partial charge in [-0.3, -0.25) is 9.59 Å². The first-order valence-corrected chi connectivity index (χ1v) is 6.86. The Labute approximate surface area is 125 Å². The van der Waals surface area contributed by atoms with Crippen LogP contribution in [0.5, 0.6) is 0 Å². The highest BCUT2D eigenvalue weighted by Crippen LogP contribution is 2.28.